The van der Waals surface area contributed by atoms with Gasteiger partial charge in [-0.05, 0) is 6.42 Å². The highest BCUT2D eigenvalue weighted by atomic mass is 19.3. The van der Waals surface area contributed by atoms with Gasteiger partial charge in [0.15, 0.2) is 0 Å². The number of rotatable bonds is 3. The molecule has 1 fully saturated rings. The number of hydrogen-bond donors (Lipinski definition) is 2. The lowest BCUT2D eigenvalue weighted by atomic mass is 10.4. The van der Waals surface area contributed by atoms with Crippen molar-refractivity contribution in [3.63, 3.8) is 0 Å². The Kier molecular flexibility index (Phi) is 2.80. The molecule has 0 aromatic carbocycles. The molecule has 12 heavy (non-hydrogen) atoms. The van der Waals surface area contributed by atoms with Crippen molar-refractivity contribution >= 4 is 6.03 Å². The van der Waals surface area contributed by atoms with Crippen LogP contribution >= 0.6 is 0 Å². The van der Waals surface area contributed by atoms with Crippen LogP contribution in [0, 0.1) is 5.92 Å². The van der Waals surface area contributed by atoms with Gasteiger partial charge in [-0.1, -0.05) is 0 Å². The fourth-order valence-corrected chi connectivity index (χ4v) is 0.950. The molecular weight excluding hydrogens is 170 g/mol. The van der Waals surface area contributed by atoms with Crippen molar-refractivity contribution in [3.05, 3.63) is 0 Å². The van der Waals surface area contributed by atoms with Crippen LogP contribution in [0.1, 0.15) is 6.42 Å². The number of halogens is 2. The topological polar surface area (TPSA) is 50.4 Å². The van der Waals surface area contributed by atoms with Crippen molar-refractivity contribution in [2.24, 2.45) is 5.92 Å². The Labute approximate surface area is 68.2 Å². The first-order valence-electron chi connectivity index (χ1n) is 3.52. The van der Waals surface area contributed by atoms with Gasteiger partial charge in [-0.2, -0.15) is 0 Å². The maximum atomic E-state index is 11.9. The maximum Gasteiger partial charge on any atom is 0.338 e. The molecule has 0 heterocycles. The molecule has 0 spiro atoms. The van der Waals surface area contributed by atoms with E-state index in [0.29, 0.717) is 6.42 Å². The summed E-state index contributed by atoms with van der Waals surface area (Å²) >= 11 is 0. The second-order valence-corrected chi connectivity index (χ2v) is 2.62. The molecule has 1 saturated carbocycles. The minimum Gasteiger partial charge on any atom is -0.333 e. The molecule has 2 amide bonds. The predicted molar refractivity (Wildman–Crippen MR) is 36.6 cm³/mol. The van der Waals surface area contributed by atoms with Crippen LogP contribution in [0.5, 0.6) is 0 Å². The molecule has 0 radical (unpaired) electrons. The quantitative estimate of drug-likeness (QED) is 0.621. The molecule has 4 nitrogen and oxygen atoms in total. The van der Waals surface area contributed by atoms with Gasteiger partial charge in [-0.25, -0.2) is 19.1 Å². The van der Waals surface area contributed by atoms with Gasteiger partial charge in [-0.15, -0.1) is 0 Å². The lowest BCUT2D eigenvalue weighted by Crippen LogP contribution is -2.37. The van der Waals surface area contributed by atoms with Gasteiger partial charge in [0.05, 0.1) is 7.11 Å². The first kappa shape index (κ1) is 9.18. The van der Waals surface area contributed by atoms with E-state index < -0.39 is 24.4 Å². The van der Waals surface area contributed by atoms with Crippen LogP contribution in [0.3, 0.4) is 0 Å². The monoisotopic (exact) mass is 180 g/mol. The standard InChI is InChI=1S/C6H10F2N2O2/c1-12-10-6(11)9-4-2-3(4)5(7)8/h3-5H,2H2,1H3,(H2,9,10,11)/t3-,4-/m0/s1. The average Bonchev–Trinajstić information content (AvgIpc) is 2.67. The van der Waals surface area contributed by atoms with E-state index in [1.54, 1.807) is 0 Å². The normalized spacial score (nSPS) is 27.0. The molecule has 6 heteroatoms. The Morgan fingerprint density at radius 2 is 2.33 bits per heavy atom. The highest BCUT2D eigenvalue weighted by molar-refractivity contribution is 5.73. The fourth-order valence-electron chi connectivity index (χ4n) is 0.950. The van der Waals surface area contributed by atoms with Gasteiger partial charge >= 0.3 is 6.03 Å². The van der Waals surface area contributed by atoms with Gasteiger partial charge < -0.3 is 5.32 Å². The molecule has 1 rings (SSSR count). The van der Waals surface area contributed by atoms with Gasteiger partial charge in [0.25, 0.3) is 0 Å². The Balaban J connectivity index is 2.14. The van der Waals surface area contributed by atoms with Gasteiger partial charge in [0.2, 0.25) is 6.43 Å². The minimum atomic E-state index is -2.35. The molecule has 70 valence electrons. The SMILES string of the molecule is CONC(=O)N[C@H]1C[C@@H]1C(F)F. The number of urea groups is 1. The van der Waals surface area contributed by atoms with Crippen LogP contribution < -0.4 is 10.8 Å². The number of carbonyl (C=O) groups is 1. The molecule has 0 bridgehead atoms. The fraction of sp³-hybridized carbons (Fsp3) is 0.833. The van der Waals surface area contributed by atoms with Crippen LogP contribution in [-0.2, 0) is 4.84 Å². The van der Waals surface area contributed by atoms with Crippen molar-refractivity contribution in [2.45, 2.75) is 18.9 Å². The molecule has 1 aliphatic carbocycles. The van der Waals surface area contributed by atoms with Crippen molar-refractivity contribution < 1.29 is 18.4 Å². The van der Waals surface area contributed by atoms with Crippen molar-refractivity contribution in [1.29, 1.82) is 0 Å². The van der Waals surface area contributed by atoms with Gasteiger partial charge in [0, 0.05) is 12.0 Å². The molecular formula is C6H10F2N2O2. The summed E-state index contributed by atoms with van der Waals surface area (Å²) < 4.78 is 23.8. The molecule has 1 aliphatic rings. The van der Waals surface area contributed by atoms with Crippen molar-refractivity contribution in [3.8, 4) is 0 Å². The van der Waals surface area contributed by atoms with Gasteiger partial charge in [0.1, 0.15) is 0 Å². The summed E-state index contributed by atoms with van der Waals surface area (Å²) in [5.74, 6) is -0.687. The number of hydrogen-bond acceptors (Lipinski definition) is 2. The Bertz CT molecular complexity index is 177. The highest BCUT2D eigenvalue weighted by Crippen LogP contribution is 2.35. The third kappa shape index (κ3) is 2.30. The third-order valence-corrected chi connectivity index (χ3v) is 1.67. The molecule has 2 N–H and O–H groups in total. The maximum absolute atomic E-state index is 11.9. The lowest BCUT2D eigenvalue weighted by Gasteiger charge is -2.03. The van der Waals surface area contributed by atoms with E-state index in [2.05, 4.69) is 10.2 Å². The number of alkyl halides is 2. The van der Waals surface area contributed by atoms with Crippen LogP contribution in [0.2, 0.25) is 0 Å². The smallest absolute Gasteiger partial charge is 0.333 e. The summed E-state index contributed by atoms with van der Waals surface area (Å²) in [6.45, 7) is 0. The zero-order valence-electron chi connectivity index (χ0n) is 6.51. The van der Waals surface area contributed by atoms with E-state index in [9.17, 15) is 13.6 Å². The highest BCUT2D eigenvalue weighted by Gasteiger charge is 2.45. The summed E-state index contributed by atoms with van der Waals surface area (Å²) in [5, 5.41) is 2.33. The van der Waals surface area contributed by atoms with E-state index >= 15 is 0 Å². The van der Waals surface area contributed by atoms with Crippen LogP contribution in [-0.4, -0.2) is 25.6 Å². The molecule has 0 aromatic rings. The number of hydroxylamine groups is 1. The van der Waals surface area contributed by atoms with Crippen LogP contribution in [0.15, 0.2) is 0 Å². The zero-order valence-corrected chi connectivity index (χ0v) is 6.51. The number of carbonyl (C=O) groups excluding carboxylic acids is 1. The lowest BCUT2D eigenvalue weighted by molar-refractivity contribution is 0.103. The first-order chi connectivity index (χ1) is 5.65. The van der Waals surface area contributed by atoms with E-state index in [4.69, 9.17) is 0 Å². The summed E-state index contributed by atoms with van der Waals surface area (Å²) in [6.07, 6.45) is -2.01. The largest absolute Gasteiger partial charge is 0.338 e. The summed E-state index contributed by atoms with van der Waals surface area (Å²) in [5.41, 5.74) is 1.98. The Hall–Kier alpha value is -0.910. The Morgan fingerprint density at radius 3 is 2.75 bits per heavy atom. The number of amides is 2. The van der Waals surface area contributed by atoms with E-state index in [-0.39, 0.29) is 0 Å². The van der Waals surface area contributed by atoms with E-state index in [1.807, 2.05) is 5.48 Å². The third-order valence-electron chi connectivity index (χ3n) is 1.67. The molecule has 0 aliphatic heterocycles. The predicted octanol–water partition coefficient (Wildman–Crippen LogP) is 0.501. The molecule has 0 unspecified atom stereocenters. The number of nitrogens with one attached hydrogen (secondary N) is 2. The second kappa shape index (κ2) is 3.66. The Morgan fingerprint density at radius 1 is 1.67 bits per heavy atom. The van der Waals surface area contributed by atoms with Crippen molar-refractivity contribution in [2.75, 3.05) is 7.11 Å². The van der Waals surface area contributed by atoms with E-state index in [0.717, 1.165) is 0 Å². The van der Waals surface area contributed by atoms with E-state index in [1.165, 1.54) is 7.11 Å². The molecule has 0 aromatic heterocycles. The second-order valence-electron chi connectivity index (χ2n) is 2.62. The zero-order chi connectivity index (χ0) is 9.14. The van der Waals surface area contributed by atoms with Gasteiger partial charge in [-0.3, -0.25) is 4.84 Å². The minimum absolute atomic E-state index is 0.342. The van der Waals surface area contributed by atoms with Crippen LogP contribution in [0.25, 0.3) is 0 Å². The van der Waals surface area contributed by atoms with Crippen molar-refractivity contribution in [1.82, 2.24) is 10.8 Å². The molecule has 2 atom stereocenters. The summed E-state index contributed by atoms with van der Waals surface area (Å²) in [6, 6.07) is -0.981. The van der Waals surface area contributed by atoms with Crippen LogP contribution in [0.4, 0.5) is 13.6 Å². The summed E-state index contributed by atoms with van der Waals surface area (Å²) in [7, 11) is 1.27. The molecule has 0 saturated heterocycles. The average molecular weight is 180 g/mol. The first-order valence-corrected chi connectivity index (χ1v) is 3.52. The summed E-state index contributed by atoms with van der Waals surface area (Å²) in [4.78, 5) is 14.9.